The lowest BCUT2D eigenvalue weighted by Gasteiger charge is -2.37. The summed E-state index contributed by atoms with van der Waals surface area (Å²) in [5.74, 6) is -0.432. The highest BCUT2D eigenvalue weighted by Gasteiger charge is 2.32. The van der Waals surface area contributed by atoms with Crippen LogP contribution in [0.15, 0.2) is 18.3 Å². The van der Waals surface area contributed by atoms with Crippen LogP contribution in [-0.2, 0) is 0 Å². The molecule has 1 heterocycles. The molecule has 0 unspecified atom stereocenters. The van der Waals surface area contributed by atoms with Crippen molar-refractivity contribution in [1.29, 1.82) is 0 Å². The summed E-state index contributed by atoms with van der Waals surface area (Å²) < 4.78 is 12.8. The molecule has 1 atom stereocenters. The molecule has 0 bridgehead atoms. The molecule has 0 saturated heterocycles. The summed E-state index contributed by atoms with van der Waals surface area (Å²) in [5.41, 5.74) is -0.00913. The minimum absolute atomic E-state index is 0.423. The summed E-state index contributed by atoms with van der Waals surface area (Å²) in [4.78, 5) is 16.5. The van der Waals surface area contributed by atoms with Crippen molar-refractivity contribution in [3.8, 4) is 0 Å². The van der Waals surface area contributed by atoms with E-state index in [1.165, 1.54) is 17.0 Å². The van der Waals surface area contributed by atoms with E-state index in [1.54, 1.807) is 27.7 Å². The Bertz CT molecular complexity index is 398. The maximum Gasteiger partial charge on any atom is 0.408 e. The second-order valence-corrected chi connectivity index (χ2v) is 4.90. The Morgan fingerprint density at radius 2 is 2.06 bits per heavy atom. The molecular formula is C12H17FN2O2. The van der Waals surface area contributed by atoms with E-state index in [1.807, 2.05) is 0 Å². The SMILES string of the molecule is C[C@H](c1ccc(F)cn1)N(C(=O)O)C(C)(C)C. The van der Waals surface area contributed by atoms with Crippen LogP contribution in [0.5, 0.6) is 0 Å². The Morgan fingerprint density at radius 1 is 1.47 bits per heavy atom. The minimum atomic E-state index is -1.02. The quantitative estimate of drug-likeness (QED) is 0.864. The zero-order valence-electron chi connectivity index (χ0n) is 10.4. The molecule has 1 amide bonds. The first-order valence-corrected chi connectivity index (χ1v) is 5.37. The summed E-state index contributed by atoms with van der Waals surface area (Å²) >= 11 is 0. The predicted octanol–water partition coefficient (Wildman–Crippen LogP) is 3.06. The Morgan fingerprint density at radius 3 is 2.41 bits per heavy atom. The lowest BCUT2D eigenvalue weighted by atomic mass is 10.0. The predicted molar refractivity (Wildman–Crippen MR) is 62.2 cm³/mol. The van der Waals surface area contributed by atoms with Gasteiger partial charge < -0.3 is 5.11 Å². The number of hydrogen-bond donors (Lipinski definition) is 1. The average molecular weight is 240 g/mol. The third-order valence-electron chi connectivity index (χ3n) is 2.49. The summed E-state index contributed by atoms with van der Waals surface area (Å²) in [5, 5.41) is 9.22. The second-order valence-electron chi connectivity index (χ2n) is 4.90. The van der Waals surface area contributed by atoms with Gasteiger partial charge in [0.05, 0.1) is 17.9 Å². The fourth-order valence-electron chi connectivity index (χ4n) is 1.80. The molecule has 4 nitrogen and oxygen atoms in total. The number of halogens is 1. The zero-order valence-corrected chi connectivity index (χ0v) is 10.4. The first-order valence-electron chi connectivity index (χ1n) is 5.37. The van der Waals surface area contributed by atoms with Crippen molar-refractivity contribution >= 4 is 6.09 Å². The maximum atomic E-state index is 12.8. The molecule has 0 radical (unpaired) electrons. The van der Waals surface area contributed by atoms with Gasteiger partial charge in [0.25, 0.3) is 0 Å². The monoisotopic (exact) mass is 240 g/mol. The Kier molecular flexibility index (Phi) is 3.70. The van der Waals surface area contributed by atoms with Crippen molar-refractivity contribution in [2.24, 2.45) is 0 Å². The lowest BCUT2D eigenvalue weighted by molar-refractivity contribution is 0.0740. The van der Waals surface area contributed by atoms with E-state index in [-0.39, 0.29) is 0 Å². The van der Waals surface area contributed by atoms with Crippen molar-refractivity contribution in [3.63, 3.8) is 0 Å². The third kappa shape index (κ3) is 3.15. The van der Waals surface area contributed by atoms with Crippen molar-refractivity contribution in [2.45, 2.75) is 39.3 Å². The van der Waals surface area contributed by atoms with E-state index in [4.69, 9.17) is 0 Å². The van der Waals surface area contributed by atoms with Gasteiger partial charge in [-0.05, 0) is 39.8 Å². The highest BCUT2D eigenvalue weighted by atomic mass is 19.1. The highest BCUT2D eigenvalue weighted by molar-refractivity contribution is 5.66. The van der Waals surface area contributed by atoms with Gasteiger partial charge in [0, 0.05) is 5.54 Å². The molecule has 0 spiro atoms. The van der Waals surface area contributed by atoms with Gasteiger partial charge >= 0.3 is 6.09 Å². The second kappa shape index (κ2) is 4.69. The maximum absolute atomic E-state index is 12.8. The molecule has 0 saturated carbocycles. The highest BCUT2D eigenvalue weighted by Crippen LogP contribution is 2.26. The number of pyridine rings is 1. The molecule has 5 heteroatoms. The minimum Gasteiger partial charge on any atom is -0.465 e. The van der Waals surface area contributed by atoms with Gasteiger partial charge in [0.15, 0.2) is 0 Å². The van der Waals surface area contributed by atoms with Crippen LogP contribution in [0.1, 0.15) is 39.4 Å². The summed E-state index contributed by atoms with van der Waals surface area (Å²) in [6.45, 7) is 7.16. The van der Waals surface area contributed by atoms with Gasteiger partial charge in [-0.1, -0.05) is 0 Å². The Labute approximate surface area is 100 Å². The molecule has 0 aliphatic heterocycles. The van der Waals surface area contributed by atoms with Gasteiger partial charge in [-0.15, -0.1) is 0 Å². The van der Waals surface area contributed by atoms with E-state index in [2.05, 4.69) is 4.98 Å². The van der Waals surface area contributed by atoms with E-state index < -0.39 is 23.5 Å². The number of nitrogens with zero attached hydrogens (tertiary/aromatic N) is 2. The molecule has 1 rings (SSSR count). The topological polar surface area (TPSA) is 53.4 Å². The number of hydrogen-bond acceptors (Lipinski definition) is 2. The van der Waals surface area contributed by atoms with Crippen LogP contribution in [0.25, 0.3) is 0 Å². The summed E-state index contributed by atoms with van der Waals surface area (Å²) in [6, 6.07) is 2.36. The third-order valence-corrected chi connectivity index (χ3v) is 2.49. The number of aromatic nitrogens is 1. The van der Waals surface area contributed by atoms with Crippen molar-refractivity contribution in [3.05, 3.63) is 29.8 Å². The molecule has 1 aromatic heterocycles. The van der Waals surface area contributed by atoms with E-state index in [0.717, 1.165) is 6.20 Å². The molecule has 0 aromatic carbocycles. The van der Waals surface area contributed by atoms with Crippen molar-refractivity contribution < 1.29 is 14.3 Å². The van der Waals surface area contributed by atoms with Crippen LogP contribution in [0.2, 0.25) is 0 Å². The van der Waals surface area contributed by atoms with Crippen LogP contribution in [0.3, 0.4) is 0 Å². The lowest BCUT2D eigenvalue weighted by Crippen LogP contribution is -2.46. The standard InChI is InChI=1S/C12H17FN2O2/c1-8(10-6-5-9(13)7-14-10)15(11(16)17)12(2,3)4/h5-8H,1-4H3,(H,16,17)/t8-/m1/s1. The molecule has 1 N–H and O–H groups in total. The van der Waals surface area contributed by atoms with Crippen LogP contribution in [0, 0.1) is 5.82 Å². The number of rotatable bonds is 2. The molecule has 17 heavy (non-hydrogen) atoms. The van der Waals surface area contributed by atoms with Gasteiger partial charge in [0.2, 0.25) is 0 Å². The van der Waals surface area contributed by atoms with E-state index in [0.29, 0.717) is 5.69 Å². The Hall–Kier alpha value is -1.65. The fourth-order valence-corrected chi connectivity index (χ4v) is 1.80. The molecule has 94 valence electrons. The van der Waals surface area contributed by atoms with Gasteiger partial charge in [0.1, 0.15) is 5.82 Å². The largest absolute Gasteiger partial charge is 0.465 e. The molecule has 0 aliphatic carbocycles. The van der Waals surface area contributed by atoms with E-state index in [9.17, 15) is 14.3 Å². The fraction of sp³-hybridized carbons (Fsp3) is 0.500. The summed E-state index contributed by atoms with van der Waals surface area (Å²) in [7, 11) is 0. The van der Waals surface area contributed by atoms with E-state index >= 15 is 0 Å². The van der Waals surface area contributed by atoms with Crippen LogP contribution in [0.4, 0.5) is 9.18 Å². The summed E-state index contributed by atoms with van der Waals surface area (Å²) in [6.07, 6.45) is 0.0743. The first kappa shape index (κ1) is 13.4. The molecular weight excluding hydrogens is 223 g/mol. The molecule has 1 aromatic rings. The van der Waals surface area contributed by atoms with Gasteiger partial charge in [-0.25, -0.2) is 9.18 Å². The average Bonchev–Trinajstić information content (AvgIpc) is 2.15. The van der Waals surface area contributed by atoms with Crippen LogP contribution in [-0.4, -0.2) is 26.6 Å². The molecule has 0 fully saturated rings. The smallest absolute Gasteiger partial charge is 0.408 e. The van der Waals surface area contributed by atoms with Crippen LogP contribution >= 0.6 is 0 Å². The molecule has 0 aliphatic rings. The normalized spacial score (nSPS) is 13.2. The number of carbonyl (C=O) groups is 1. The zero-order chi connectivity index (χ0) is 13.2. The van der Waals surface area contributed by atoms with Crippen molar-refractivity contribution in [2.75, 3.05) is 0 Å². The Balaban J connectivity index is 3.04. The number of amides is 1. The van der Waals surface area contributed by atoms with Gasteiger partial charge in [-0.3, -0.25) is 9.88 Å². The number of carboxylic acid groups (broad SMARTS) is 1. The first-order chi connectivity index (χ1) is 7.73. The van der Waals surface area contributed by atoms with Crippen molar-refractivity contribution in [1.82, 2.24) is 9.88 Å². The van der Waals surface area contributed by atoms with Gasteiger partial charge in [-0.2, -0.15) is 0 Å². The van der Waals surface area contributed by atoms with Crippen LogP contribution < -0.4 is 0 Å².